The molecule has 2 fully saturated rings. The molecular formula is C15H18N6O. The predicted molar refractivity (Wildman–Crippen MR) is 79.6 cm³/mol. The molecule has 2 aromatic rings. The molecule has 1 aromatic heterocycles. The SMILES string of the molecule is O=C(c1cccc(-n2cnnn2)c1)N1CCC2CCC(C1)N2. The summed E-state index contributed by atoms with van der Waals surface area (Å²) in [6.07, 6.45) is 4.97. The first-order valence-corrected chi connectivity index (χ1v) is 7.68. The van der Waals surface area contributed by atoms with Crippen molar-refractivity contribution in [2.24, 2.45) is 0 Å². The van der Waals surface area contributed by atoms with Crippen molar-refractivity contribution in [1.82, 2.24) is 30.4 Å². The summed E-state index contributed by atoms with van der Waals surface area (Å²) < 4.78 is 1.56. The highest BCUT2D eigenvalue weighted by molar-refractivity contribution is 5.94. The van der Waals surface area contributed by atoms with Crippen LogP contribution in [0.4, 0.5) is 0 Å². The Morgan fingerprint density at radius 1 is 1.23 bits per heavy atom. The smallest absolute Gasteiger partial charge is 0.253 e. The van der Waals surface area contributed by atoms with E-state index in [-0.39, 0.29) is 5.91 Å². The van der Waals surface area contributed by atoms with Crippen LogP contribution in [0.1, 0.15) is 29.6 Å². The molecule has 2 atom stereocenters. The number of nitrogens with zero attached hydrogens (tertiary/aromatic N) is 5. The lowest BCUT2D eigenvalue weighted by Gasteiger charge is -2.24. The van der Waals surface area contributed by atoms with Crippen molar-refractivity contribution in [2.75, 3.05) is 13.1 Å². The number of rotatable bonds is 2. The van der Waals surface area contributed by atoms with E-state index in [9.17, 15) is 4.79 Å². The van der Waals surface area contributed by atoms with Crippen LogP contribution in [0.15, 0.2) is 30.6 Å². The summed E-state index contributed by atoms with van der Waals surface area (Å²) in [6.45, 7) is 1.62. The van der Waals surface area contributed by atoms with E-state index < -0.39 is 0 Å². The van der Waals surface area contributed by atoms with Crippen LogP contribution in [0.25, 0.3) is 5.69 Å². The van der Waals surface area contributed by atoms with Crippen LogP contribution < -0.4 is 5.32 Å². The van der Waals surface area contributed by atoms with E-state index in [0.29, 0.717) is 17.6 Å². The van der Waals surface area contributed by atoms with Crippen LogP contribution >= 0.6 is 0 Å². The van der Waals surface area contributed by atoms with Gasteiger partial charge in [-0.2, -0.15) is 0 Å². The lowest BCUT2D eigenvalue weighted by atomic mass is 10.1. The quantitative estimate of drug-likeness (QED) is 0.880. The van der Waals surface area contributed by atoms with Crippen LogP contribution in [0, 0.1) is 0 Å². The van der Waals surface area contributed by atoms with E-state index in [1.165, 1.54) is 19.2 Å². The normalized spacial score (nSPS) is 24.3. The fraction of sp³-hybridized carbons (Fsp3) is 0.467. The highest BCUT2D eigenvalue weighted by atomic mass is 16.2. The van der Waals surface area contributed by atoms with E-state index in [1.807, 2.05) is 29.2 Å². The molecular weight excluding hydrogens is 280 g/mol. The Bertz CT molecular complexity index is 670. The number of hydrogen-bond acceptors (Lipinski definition) is 5. The molecule has 1 N–H and O–H groups in total. The summed E-state index contributed by atoms with van der Waals surface area (Å²) in [5.41, 5.74) is 1.48. The monoisotopic (exact) mass is 298 g/mol. The summed E-state index contributed by atoms with van der Waals surface area (Å²) >= 11 is 0. The number of likely N-dealkylation sites (tertiary alicyclic amines) is 1. The van der Waals surface area contributed by atoms with Gasteiger partial charge in [-0.25, -0.2) is 4.68 Å². The standard InChI is InChI=1S/C15H18N6O/c22-15(20-7-6-12-4-5-13(9-20)17-12)11-2-1-3-14(8-11)21-10-16-18-19-21/h1-3,8,10,12-13,17H,4-7,9H2. The van der Waals surface area contributed by atoms with Gasteiger partial charge in [-0.15, -0.1) is 5.10 Å². The molecule has 3 heterocycles. The van der Waals surface area contributed by atoms with Crippen molar-refractivity contribution in [1.29, 1.82) is 0 Å². The third-order valence-electron chi connectivity index (χ3n) is 4.52. The first-order chi connectivity index (χ1) is 10.8. The van der Waals surface area contributed by atoms with Gasteiger partial charge < -0.3 is 10.2 Å². The number of nitrogens with one attached hydrogen (secondary N) is 1. The minimum absolute atomic E-state index is 0.0873. The maximum Gasteiger partial charge on any atom is 0.253 e. The molecule has 2 bridgehead atoms. The summed E-state index contributed by atoms with van der Waals surface area (Å²) in [6, 6.07) is 8.47. The van der Waals surface area contributed by atoms with Crippen LogP contribution in [-0.4, -0.2) is 56.2 Å². The summed E-state index contributed by atoms with van der Waals surface area (Å²) in [7, 11) is 0. The zero-order chi connectivity index (χ0) is 14.9. The molecule has 0 spiro atoms. The molecule has 2 saturated heterocycles. The number of benzene rings is 1. The van der Waals surface area contributed by atoms with Crippen molar-refractivity contribution < 1.29 is 4.79 Å². The zero-order valence-electron chi connectivity index (χ0n) is 12.2. The molecule has 2 aliphatic heterocycles. The van der Waals surface area contributed by atoms with Gasteiger partial charge in [-0.1, -0.05) is 6.07 Å². The number of hydrogen-bond donors (Lipinski definition) is 1. The first-order valence-electron chi connectivity index (χ1n) is 7.68. The lowest BCUT2D eigenvalue weighted by Crippen LogP contribution is -2.39. The van der Waals surface area contributed by atoms with Gasteiger partial charge in [-0.3, -0.25) is 4.79 Å². The Morgan fingerprint density at radius 2 is 2.14 bits per heavy atom. The lowest BCUT2D eigenvalue weighted by molar-refractivity contribution is 0.0748. The molecule has 2 aliphatic rings. The zero-order valence-corrected chi connectivity index (χ0v) is 12.2. The van der Waals surface area contributed by atoms with Crippen molar-refractivity contribution in [3.8, 4) is 5.69 Å². The maximum atomic E-state index is 12.8. The molecule has 0 aliphatic carbocycles. The molecule has 22 heavy (non-hydrogen) atoms. The second-order valence-electron chi connectivity index (χ2n) is 5.98. The number of carbonyl (C=O) groups is 1. The van der Waals surface area contributed by atoms with Gasteiger partial charge in [0, 0.05) is 30.7 Å². The third kappa shape index (κ3) is 2.48. The average molecular weight is 298 g/mol. The Hall–Kier alpha value is -2.28. The van der Waals surface area contributed by atoms with Gasteiger partial charge in [0.15, 0.2) is 0 Å². The third-order valence-corrected chi connectivity index (χ3v) is 4.52. The largest absolute Gasteiger partial charge is 0.337 e. The number of aromatic nitrogens is 4. The van der Waals surface area contributed by atoms with Crippen LogP contribution in [0.5, 0.6) is 0 Å². The first kappa shape index (κ1) is 13.4. The van der Waals surface area contributed by atoms with Gasteiger partial charge >= 0.3 is 0 Å². The van der Waals surface area contributed by atoms with Gasteiger partial charge in [0.05, 0.1) is 5.69 Å². The number of tetrazole rings is 1. The van der Waals surface area contributed by atoms with Crippen molar-refractivity contribution in [2.45, 2.75) is 31.3 Å². The topological polar surface area (TPSA) is 75.9 Å². The number of carbonyl (C=O) groups excluding carboxylic acids is 1. The molecule has 4 rings (SSSR count). The van der Waals surface area contributed by atoms with E-state index >= 15 is 0 Å². The number of fused-ring (bicyclic) bond motifs is 2. The molecule has 1 amide bonds. The van der Waals surface area contributed by atoms with E-state index in [4.69, 9.17) is 0 Å². The molecule has 0 radical (unpaired) electrons. The Morgan fingerprint density at radius 3 is 3.00 bits per heavy atom. The molecule has 1 aromatic carbocycles. The summed E-state index contributed by atoms with van der Waals surface area (Å²) in [4.78, 5) is 14.8. The Labute approximate surface area is 128 Å². The van der Waals surface area contributed by atoms with Gasteiger partial charge in [-0.05, 0) is 47.9 Å². The molecule has 0 saturated carbocycles. The fourth-order valence-electron chi connectivity index (χ4n) is 3.37. The van der Waals surface area contributed by atoms with Gasteiger partial charge in [0.1, 0.15) is 6.33 Å². The van der Waals surface area contributed by atoms with Crippen LogP contribution in [0.3, 0.4) is 0 Å². The highest BCUT2D eigenvalue weighted by Crippen LogP contribution is 2.22. The van der Waals surface area contributed by atoms with Gasteiger partial charge in [0.2, 0.25) is 0 Å². The van der Waals surface area contributed by atoms with E-state index in [1.54, 1.807) is 4.68 Å². The van der Waals surface area contributed by atoms with Crippen LogP contribution in [0.2, 0.25) is 0 Å². The molecule has 2 unspecified atom stereocenters. The minimum atomic E-state index is 0.0873. The van der Waals surface area contributed by atoms with Crippen LogP contribution in [-0.2, 0) is 0 Å². The van der Waals surface area contributed by atoms with E-state index in [2.05, 4.69) is 20.8 Å². The fourth-order valence-corrected chi connectivity index (χ4v) is 3.37. The summed E-state index contributed by atoms with van der Waals surface area (Å²) in [5.74, 6) is 0.0873. The summed E-state index contributed by atoms with van der Waals surface area (Å²) in [5, 5.41) is 14.7. The molecule has 7 heteroatoms. The number of amides is 1. The van der Waals surface area contributed by atoms with Gasteiger partial charge in [0.25, 0.3) is 5.91 Å². The Balaban J connectivity index is 1.56. The second-order valence-corrected chi connectivity index (χ2v) is 5.98. The molecule has 114 valence electrons. The molecule has 7 nitrogen and oxygen atoms in total. The van der Waals surface area contributed by atoms with E-state index in [0.717, 1.165) is 25.2 Å². The van der Waals surface area contributed by atoms with Crippen molar-refractivity contribution in [3.63, 3.8) is 0 Å². The predicted octanol–water partition coefficient (Wildman–Crippen LogP) is 0.629. The average Bonchev–Trinajstić information content (AvgIpc) is 3.17. The van der Waals surface area contributed by atoms with Crippen molar-refractivity contribution >= 4 is 5.91 Å². The maximum absolute atomic E-state index is 12.8. The highest BCUT2D eigenvalue weighted by Gasteiger charge is 2.31. The second kappa shape index (κ2) is 5.49. The van der Waals surface area contributed by atoms with Crippen molar-refractivity contribution in [3.05, 3.63) is 36.2 Å². The Kier molecular flexibility index (Phi) is 3.34. The minimum Gasteiger partial charge on any atom is -0.337 e.